The van der Waals surface area contributed by atoms with Crippen LogP contribution in [0.25, 0.3) is 0 Å². The minimum Gasteiger partial charge on any atom is -0.497 e. The molecule has 700 valence electrons. The van der Waals surface area contributed by atoms with E-state index in [1.807, 2.05) is 90.7 Å². The van der Waals surface area contributed by atoms with Gasteiger partial charge in [0, 0.05) is 122 Å². The Labute approximate surface area is 737 Å². The van der Waals surface area contributed by atoms with Gasteiger partial charge in [0.1, 0.15) is 42.5 Å². The van der Waals surface area contributed by atoms with Gasteiger partial charge in [0.25, 0.3) is 11.8 Å². The van der Waals surface area contributed by atoms with Gasteiger partial charge in [-0.05, 0) is 72.0 Å². The fourth-order valence-corrected chi connectivity index (χ4v) is 14.5. The number of unbranched alkanes of at least 4 members (excludes halogenated alkanes) is 5. The standard InChI is InChI=1S/C89H121N5O33/c1-56(96)117-50-72-77(120-58(3)98)79(122-60(5)100)81(124-62(7)102)85(126-72)115-44-42-113-40-38-111-36-34-90-83(107)64-46-65(84(108)91-35-37-112-39-41-114-43-45-116-86-82(125-63(8)103)80(123-61(6)101)78(121-59(4)99)73(127-86)51-118-57(2)97)48-69(47-64)93-75(105)49-92-74(104)24-20-15-13-14-16-21-25-76(106)94-52-87(9,54-95)88(10,53-94)55-119-89(66-22-18-17-19-23-66,67-26-30-70(109-11)31-27-67)68-28-32-71(110-12)33-29-68/h17-19,22-23,26-33,46-48,72-73,77-82,85-86,95H,13-16,20-21,24-25,34-45,49-55H2,1-12H3,(H,90,107)(H,91,108)(H,92,104)(H,93,105)/t72-,73-,77-,78-,79+,80+,81+,82+,85+,86+,87+,88-/m1/s1. The van der Waals surface area contributed by atoms with Gasteiger partial charge in [0.2, 0.25) is 17.7 Å². The summed E-state index contributed by atoms with van der Waals surface area (Å²) >= 11 is 0. The van der Waals surface area contributed by atoms with Crippen LogP contribution in [0.2, 0.25) is 0 Å². The Kier molecular flexibility index (Phi) is 42.7. The van der Waals surface area contributed by atoms with Crippen LogP contribution < -0.4 is 30.7 Å². The summed E-state index contributed by atoms with van der Waals surface area (Å²) in [7, 11) is 3.23. The third-order valence-electron chi connectivity index (χ3n) is 21.0. The molecule has 0 radical (unpaired) electrons. The number of benzene rings is 4. The average molecular weight is 1790 g/mol. The first-order valence-corrected chi connectivity index (χ1v) is 42.0. The second kappa shape index (κ2) is 52.5. The Hall–Kier alpha value is -10.8. The molecule has 5 N–H and O–H groups in total. The van der Waals surface area contributed by atoms with E-state index in [0.717, 1.165) is 91.3 Å². The number of likely N-dealkylation sites (tertiary alicyclic amines) is 1. The van der Waals surface area contributed by atoms with Gasteiger partial charge >= 0.3 is 47.8 Å². The molecule has 0 saturated carbocycles. The predicted molar refractivity (Wildman–Crippen MR) is 447 cm³/mol. The molecule has 4 aromatic carbocycles. The van der Waals surface area contributed by atoms with Crippen molar-refractivity contribution in [3.8, 4) is 11.5 Å². The van der Waals surface area contributed by atoms with Crippen molar-refractivity contribution in [3.05, 3.63) is 125 Å². The number of amides is 5. The molecule has 3 heterocycles. The van der Waals surface area contributed by atoms with E-state index < -0.39 is 163 Å². The molecule has 12 atom stereocenters. The highest BCUT2D eigenvalue weighted by Crippen LogP contribution is 2.50. The minimum absolute atomic E-state index is 0.0104. The molecule has 38 heteroatoms. The summed E-state index contributed by atoms with van der Waals surface area (Å²) in [5, 5.41) is 21.8. The molecular formula is C89H121N5O33. The summed E-state index contributed by atoms with van der Waals surface area (Å²) in [6.07, 6.45) is -9.03. The van der Waals surface area contributed by atoms with Crippen molar-refractivity contribution in [2.45, 2.75) is 188 Å². The van der Waals surface area contributed by atoms with Crippen LogP contribution in [0.15, 0.2) is 97.1 Å². The lowest BCUT2D eigenvalue weighted by Crippen LogP contribution is -2.63. The zero-order valence-electron chi connectivity index (χ0n) is 74.1. The van der Waals surface area contributed by atoms with Gasteiger partial charge in [-0.25, -0.2) is 0 Å². The number of hydrogen-bond donors (Lipinski definition) is 5. The number of hydrogen-bond acceptors (Lipinski definition) is 33. The first kappa shape index (κ1) is 103. The second-order valence-corrected chi connectivity index (χ2v) is 30.9. The second-order valence-electron chi connectivity index (χ2n) is 30.9. The van der Waals surface area contributed by atoms with E-state index in [1.165, 1.54) is 18.2 Å². The number of rotatable bonds is 53. The van der Waals surface area contributed by atoms with E-state index in [1.54, 1.807) is 14.2 Å². The molecule has 0 aliphatic carbocycles. The monoisotopic (exact) mass is 1790 g/mol. The highest BCUT2D eigenvalue weighted by Gasteiger charge is 2.57. The number of esters is 8. The van der Waals surface area contributed by atoms with Crippen molar-refractivity contribution in [1.29, 1.82) is 0 Å². The Morgan fingerprint density at radius 2 is 0.819 bits per heavy atom. The maximum atomic E-state index is 14.0. The van der Waals surface area contributed by atoms with Crippen LogP contribution in [0.4, 0.5) is 5.69 Å². The number of aliphatic hydroxyl groups excluding tert-OH is 1. The largest absolute Gasteiger partial charge is 0.497 e. The van der Waals surface area contributed by atoms with Gasteiger partial charge < -0.3 is 121 Å². The molecule has 3 fully saturated rings. The summed E-state index contributed by atoms with van der Waals surface area (Å²) in [5.74, 6) is -7.19. The van der Waals surface area contributed by atoms with Crippen molar-refractivity contribution < 1.29 is 157 Å². The lowest BCUT2D eigenvalue weighted by Gasteiger charge is -2.44. The average Bonchev–Trinajstić information content (AvgIpc) is 1.70. The molecule has 3 aliphatic heterocycles. The number of methoxy groups -OCH3 is 2. The third kappa shape index (κ3) is 32.8. The van der Waals surface area contributed by atoms with Crippen molar-refractivity contribution in [2.75, 3.05) is 145 Å². The molecular weight excluding hydrogens is 1670 g/mol. The smallest absolute Gasteiger partial charge is 0.303 e. The zero-order valence-corrected chi connectivity index (χ0v) is 74.1. The van der Waals surface area contributed by atoms with Gasteiger partial charge in [-0.1, -0.05) is 94.1 Å². The summed E-state index contributed by atoms with van der Waals surface area (Å²) in [6, 6.07) is 29.5. The number of nitrogens with one attached hydrogen (secondary N) is 4. The number of carbonyl (C=O) groups excluding carboxylic acids is 13. The van der Waals surface area contributed by atoms with Crippen molar-refractivity contribution in [1.82, 2.24) is 20.9 Å². The number of anilines is 1. The minimum atomic E-state index is -1.43. The predicted octanol–water partition coefficient (Wildman–Crippen LogP) is 5.46. The first-order valence-electron chi connectivity index (χ1n) is 42.0. The van der Waals surface area contributed by atoms with Crippen LogP contribution in [-0.2, 0) is 139 Å². The van der Waals surface area contributed by atoms with Gasteiger partial charge in [-0.15, -0.1) is 0 Å². The van der Waals surface area contributed by atoms with Crippen LogP contribution in [0.5, 0.6) is 11.5 Å². The van der Waals surface area contributed by atoms with E-state index in [0.29, 0.717) is 50.3 Å². The van der Waals surface area contributed by atoms with Crippen LogP contribution in [-0.4, -0.2) is 288 Å². The molecule has 0 aromatic heterocycles. The number of ether oxygens (including phenoxy) is 19. The van der Waals surface area contributed by atoms with Crippen molar-refractivity contribution >= 4 is 83.0 Å². The fraction of sp³-hybridized carbons (Fsp3) is 0.584. The number of nitrogens with zero attached hydrogens (tertiary/aromatic N) is 1. The summed E-state index contributed by atoms with van der Waals surface area (Å²) in [4.78, 5) is 167. The zero-order chi connectivity index (χ0) is 92.6. The molecule has 7 rings (SSSR count). The lowest BCUT2D eigenvalue weighted by molar-refractivity contribution is -0.309. The molecule has 3 aliphatic rings. The topological polar surface area (TPSA) is 469 Å². The van der Waals surface area contributed by atoms with Crippen LogP contribution in [0, 0.1) is 10.8 Å². The van der Waals surface area contributed by atoms with E-state index in [-0.39, 0.29) is 127 Å². The molecule has 0 spiro atoms. The molecule has 3 saturated heterocycles. The summed E-state index contributed by atoms with van der Waals surface area (Å²) < 4.78 is 107. The Morgan fingerprint density at radius 1 is 0.433 bits per heavy atom. The quantitative estimate of drug-likeness (QED) is 0.0158. The highest BCUT2D eigenvalue weighted by atomic mass is 16.8. The van der Waals surface area contributed by atoms with Gasteiger partial charge in [0.15, 0.2) is 49.2 Å². The van der Waals surface area contributed by atoms with Crippen LogP contribution >= 0.6 is 0 Å². The van der Waals surface area contributed by atoms with Gasteiger partial charge in [-0.3, -0.25) is 62.3 Å². The molecule has 0 bridgehead atoms. The van der Waals surface area contributed by atoms with Crippen molar-refractivity contribution in [3.63, 3.8) is 0 Å². The van der Waals surface area contributed by atoms with Gasteiger partial charge in [-0.2, -0.15) is 0 Å². The van der Waals surface area contributed by atoms with E-state index in [4.69, 9.17) is 90.0 Å². The molecule has 5 amide bonds. The molecule has 0 unspecified atom stereocenters. The van der Waals surface area contributed by atoms with E-state index in [9.17, 15) is 67.4 Å². The van der Waals surface area contributed by atoms with E-state index in [2.05, 4.69) is 28.2 Å². The molecule has 38 nitrogen and oxygen atoms in total. The molecule has 127 heavy (non-hydrogen) atoms. The normalized spacial score (nSPS) is 21.3. The van der Waals surface area contributed by atoms with Crippen molar-refractivity contribution in [2.24, 2.45) is 10.8 Å². The van der Waals surface area contributed by atoms with Crippen LogP contribution in [0.1, 0.15) is 158 Å². The summed E-state index contributed by atoms with van der Waals surface area (Å²) in [6.45, 7) is 11.8. The number of carbonyl (C=O) groups is 13. The Bertz CT molecular complexity index is 4060. The van der Waals surface area contributed by atoms with Gasteiger partial charge in [0.05, 0.1) is 100 Å². The lowest BCUT2D eigenvalue weighted by atomic mass is 9.68. The first-order chi connectivity index (χ1) is 60.7. The maximum absolute atomic E-state index is 14.0. The Balaban J connectivity index is 0.874. The van der Waals surface area contributed by atoms with E-state index >= 15 is 0 Å². The SMILES string of the molecule is COc1ccc(C(OC[C@@]2(C)CN(C(=O)CCCCCCCCC(=O)NCC(=O)Nc3cc(C(=O)NCCOCCOCCO[C@H]4O[C@H](COC(C)=O)[C@@H](OC(C)=O)[C@H](OC(C)=O)[C@@H]4OC(C)=O)cc(C(=O)NCCOCCOCCO[C@H]4O[C@H](COC(C)=O)[C@@H](OC(C)=O)[C@H](OC(C)=O)[C@@H]4OC(C)=O)c3)C[C@@]2(C)CO)(c2ccccc2)c2ccc(OC)cc2)cc1. The maximum Gasteiger partial charge on any atom is 0.303 e. The third-order valence-corrected chi connectivity index (χ3v) is 21.0. The Morgan fingerprint density at radius 3 is 1.24 bits per heavy atom. The summed E-state index contributed by atoms with van der Waals surface area (Å²) in [5.41, 5.74) is 0.0991. The van der Waals surface area contributed by atoms with Crippen LogP contribution in [0.3, 0.4) is 0 Å². The fourth-order valence-electron chi connectivity index (χ4n) is 14.5. The molecule has 4 aromatic rings. The highest BCUT2D eigenvalue weighted by molar-refractivity contribution is 6.03. The number of aliphatic hydroxyl groups is 1.